The smallest absolute Gasteiger partial charge is 0.139 e. The summed E-state index contributed by atoms with van der Waals surface area (Å²) in [5.41, 5.74) is 7.41. The summed E-state index contributed by atoms with van der Waals surface area (Å²) in [6, 6.07) is 29.0. The van der Waals surface area contributed by atoms with Gasteiger partial charge < -0.3 is 0 Å². The molecule has 2 aromatic heterocycles. The van der Waals surface area contributed by atoms with Crippen molar-refractivity contribution in [2.75, 3.05) is 0 Å². The molecule has 2 aromatic carbocycles. The second-order valence-corrected chi connectivity index (χ2v) is 6.07. The van der Waals surface area contributed by atoms with Crippen LogP contribution in [0.15, 0.2) is 91.1 Å². The quantitative estimate of drug-likeness (QED) is 0.538. The second kappa shape index (κ2) is 6.74. The molecule has 0 aliphatic rings. The van der Waals surface area contributed by atoms with Crippen molar-refractivity contribution in [2.24, 2.45) is 0 Å². The first-order valence-electron chi connectivity index (χ1n) is 8.35. The molecule has 2 nitrogen and oxygen atoms in total. The van der Waals surface area contributed by atoms with Crippen LogP contribution in [0.3, 0.4) is 0 Å². The topological polar surface area (TPSA) is 25.8 Å². The van der Waals surface area contributed by atoms with Crippen molar-refractivity contribution < 1.29 is 0 Å². The molecular formula is C22H17BN2. The highest BCUT2D eigenvalue weighted by atomic mass is 14.8. The van der Waals surface area contributed by atoms with Crippen LogP contribution in [0.2, 0.25) is 0 Å². The molecule has 118 valence electrons. The minimum atomic E-state index is 0.883. The molecule has 0 fully saturated rings. The third kappa shape index (κ3) is 3.36. The van der Waals surface area contributed by atoms with E-state index in [0.29, 0.717) is 0 Å². The lowest BCUT2D eigenvalue weighted by molar-refractivity contribution is 1.25. The Hall–Kier alpha value is -3.20. The third-order valence-corrected chi connectivity index (χ3v) is 4.21. The molecule has 0 atom stereocenters. The number of benzene rings is 2. The van der Waals surface area contributed by atoms with E-state index < -0.39 is 0 Å². The van der Waals surface area contributed by atoms with Gasteiger partial charge in [0.05, 0.1) is 17.1 Å². The molecule has 0 bridgehead atoms. The van der Waals surface area contributed by atoms with Gasteiger partial charge in [0.25, 0.3) is 0 Å². The lowest BCUT2D eigenvalue weighted by Crippen LogP contribution is -2.00. The van der Waals surface area contributed by atoms with Crippen molar-refractivity contribution in [3.8, 4) is 33.8 Å². The summed E-state index contributed by atoms with van der Waals surface area (Å²) >= 11 is 0. The van der Waals surface area contributed by atoms with Gasteiger partial charge in [-0.05, 0) is 35.4 Å². The van der Waals surface area contributed by atoms with Gasteiger partial charge in [-0.15, -0.1) is 0 Å². The average molecular weight is 320 g/mol. The van der Waals surface area contributed by atoms with E-state index in [0.717, 1.165) is 28.2 Å². The molecule has 0 amide bonds. The van der Waals surface area contributed by atoms with Crippen molar-refractivity contribution in [2.45, 2.75) is 0 Å². The van der Waals surface area contributed by atoms with Crippen LogP contribution in [0.25, 0.3) is 33.8 Å². The van der Waals surface area contributed by atoms with Gasteiger partial charge >= 0.3 is 0 Å². The first-order chi connectivity index (χ1) is 12.3. The van der Waals surface area contributed by atoms with Gasteiger partial charge in [-0.25, -0.2) is 4.98 Å². The SMILES string of the molecule is Bc1ccc(-c2cc(-c3ccccc3)cc(-c3ccccn3)n2)cc1. The number of rotatable bonds is 3. The Bertz CT molecular complexity index is 924. The number of hydrogen-bond acceptors (Lipinski definition) is 2. The number of pyridine rings is 2. The largest absolute Gasteiger partial charge is 0.255 e. The van der Waals surface area contributed by atoms with Crippen molar-refractivity contribution in [1.82, 2.24) is 9.97 Å². The van der Waals surface area contributed by atoms with Gasteiger partial charge in [0.1, 0.15) is 7.85 Å². The summed E-state index contributed by atoms with van der Waals surface area (Å²) < 4.78 is 0. The van der Waals surface area contributed by atoms with E-state index >= 15 is 0 Å². The van der Waals surface area contributed by atoms with Crippen LogP contribution in [0, 0.1) is 0 Å². The summed E-state index contributed by atoms with van der Waals surface area (Å²) in [6.07, 6.45) is 1.80. The Morgan fingerprint density at radius 1 is 0.560 bits per heavy atom. The zero-order valence-corrected chi connectivity index (χ0v) is 14.1. The first-order valence-corrected chi connectivity index (χ1v) is 8.35. The summed E-state index contributed by atoms with van der Waals surface area (Å²) in [5, 5.41) is 0. The van der Waals surface area contributed by atoms with Gasteiger partial charge in [0, 0.05) is 11.8 Å². The predicted molar refractivity (Wildman–Crippen MR) is 107 cm³/mol. The first kappa shape index (κ1) is 15.3. The highest BCUT2D eigenvalue weighted by Gasteiger charge is 2.09. The highest BCUT2D eigenvalue weighted by molar-refractivity contribution is 6.32. The van der Waals surface area contributed by atoms with Gasteiger partial charge in [-0.2, -0.15) is 0 Å². The van der Waals surface area contributed by atoms with Gasteiger partial charge in [0.2, 0.25) is 0 Å². The molecular weight excluding hydrogens is 303 g/mol. The fraction of sp³-hybridized carbons (Fsp3) is 0. The van der Waals surface area contributed by atoms with E-state index in [-0.39, 0.29) is 0 Å². The number of nitrogens with zero attached hydrogens (tertiary/aromatic N) is 2. The molecule has 2 heterocycles. The monoisotopic (exact) mass is 320 g/mol. The molecule has 0 unspecified atom stereocenters. The van der Waals surface area contributed by atoms with Gasteiger partial charge in [-0.1, -0.05) is 66.1 Å². The molecule has 0 spiro atoms. The van der Waals surface area contributed by atoms with Crippen LogP contribution in [0.1, 0.15) is 0 Å². The van der Waals surface area contributed by atoms with Crippen molar-refractivity contribution >= 4 is 13.3 Å². The summed E-state index contributed by atoms with van der Waals surface area (Å²) in [7, 11) is 2.09. The summed E-state index contributed by atoms with van der Waals surface area (Å²) in [6.45, 7) is 0. The molecule has 0 aliphatic carbocycles. The van der Waals surface area contributed by atoms with E-state index in [2.05, 4.69) is 73.5 Å². The molecule has 0 radical (unpaired) electrons. The maximum absolute atomic E-state index is 4.87. The zero-order valence-electron chi connectivity index (χ0n) is 14.1. The minimum Gasteiger partial charge on any atom is -0.255 e. The molecule has 0 N–H and O–H groups in total. The number of hydrogen-bond donors (Lipinski definition) is 0. The average Bonchev–Trinajstić information content (AvgIpc) is 2.69. The summed E-state index contributed by atoms with van der Waals surface area (Å²) in [4.78, 5) is 9.34. The maximum Gasteiger partial charge on any atom is 0.139 e. The lowest BCUT2D eigenvalue weighted by atomic mass is 9.94. The Kier molecular flexibility index (Phi) is 4.13. The molecule has 4 aromatic rings. The molecule has 0 saturated heterocycles. The Balaban J connectivity index is 1.90. The van der Waals surface area contributed by atoms with Crippen LogP contribution in [0.4, 0.5) is 0 Å². The molecule has 25 heavy (non-hydrogen) atoms. The van der Waals surface area contributed by atoms with Crippen LogP contribution < -0.4 is 5.46 Å². The van der Waals surface area contributed by atoms with Crippen LogP contribution in [-0.2, 0) is 0 Å². The van der Waals surface area contributed by atoms with Crippen LogP contribution in [-0.4, -0.2) is 17.8 Å². The standard InChI is InChI=1S/C22H17BN2/c23-19-11-9-17(10-12-19)21-14-18(16-6-2-1-3-7-16)15-22(25-21)20-8-4-5-13-24-20/h1-15H,23H2. The Labute approximate surface area is 148 Å². The highest BCUT2D eigenvalue weighted by Crippen LogP contribution is 2.29. The molecule has 4 rings (SSSR count). The number of aromatic nitrogens is 2. The van der Waals surface area contributed by atoms with Crippen molar-refractivity contribution in [1.29, 1.82) is 0 Å². The van der Waals surface area contributed by atoms with Gasteiger partial charge in [0.15, 0.2) is 0 Å². The fourth-order valence-electron chi connectivity index (χ4n) is 2.85. The van der Waals surface area contributed by atoms with Gasteiger partial charge in [-0.3, -0.25) is 4.98 Å². The van der Waals surface area contributed by atoms with Crippen LogP contribution >= 0.6 is 0 Å². The third-order valence-electron chi connectivity index (χ3n) is 4.21. The minimum absolute atomic E-state index is 0.883. The van der Waals surface area contributed by atoms with E-state index in [9.17, 15) is 0 Å². The van der Waals surface area contributed by atoms with E-state index in [1.54, 1.807) is 6.20 Å². The summed E-state index contributed by atoms with van der Waals surface area (Å²) in [5.74, 6) is 0. The van der Waals surface area contributed by atoms with Crippen LogP contribution in [0.5, 0.6) is 0 Å². The predicted octanol–water partition coefficient (Wildman–Crippen LogP) is 3.74. The lowest BCUT2D eigenvalue weighted by Gasteiger charge is -2.10. The molecule has 3 heteroatoms. The Morgan fingerprint density at radius 2 is 1.28 bits per heavy atom. The Morgan fingerprint density at radius 3 is 2.00 bits per heavy atom. The van der Waals surface area contributed by atoms with E-state index in [1.165, 1.54) is 11.0 Å². The second-order valence-electron chi connectivity index (χ2n) is 6.07. The van der Waals surface area contributed by atoms with E-state index in [1.807, 2.05) is 24.3 Å². The maximum atomic E-state index is 4.87. The zero-order chi connectivity index (χ0) is 17.1. The molecule has 0 aliphatic heterocycles. The fourth-order valence-corrected chi connectivity index (χ4v) is 2.85. The normalized spacial score (nSPS) is 10.6. The van der Waals surface area contributed by atoms with E-state index in [4.69, 9.17) is 4.98 Å². The van der Waals surface area contributed by atoms with Crippen molar-refractivity contribution in [3.05, 3.63) is 91.1 Å². The van der Waals surface area contributed by atoms with Crippen molar-refractivity contribution in [3.63, 3.8) is 0 Å². The molecule has 0 saturated carbocycles.